The SMILES string of the molecule is [O]C(=O)C=Cc1ccc([N+](=O)[O-])cc1. The van der Waals surface area contributed by atoms with Crippen LogP contribution in [0.3, 0.4) is 0 Å². The van der Waals surface area contributed by atoms with Crippen molar-refractivity contribution >= 4 is 17.7 Å². The zero-order chi connectivity index (χ0) is 10.6. The van der Waals surface area contributed by atoms with Crippen LogP contribution in [0.15, 0.2) is 30.3 Å². The number of benzene rings is 1. The van der Waals surface area contributed by atoms with Crippen LogP contribution in [0.4, 0.5) is 5.69 Å². The Bertz CT molecular complexity index is 380. The number of nitro benzene ring substituents is 1. The zero-order valence-corrected chi connectivity index (χ0v) is 7.04. The quantitative estimate of drug-likeness (QED) is 0.414. The summed E-state index contributed by atoms with van der Waals surface area (Å²) >= 11 is 0. The molecule has 0 fully saturated rings. The molecule has 0 unspecified atom stereocenters. The van der Waals surface area contributed by atoms with E-state index in [0.717, 1.165) is 6.08 Å². The van der Waals surface area contributed by atoms with Crippen molar-refractivity contribution in [2.75, 3.05) is 0 Å². The fourth-order valence-electron chi connectivity index (χ4n) is 0.871. The molecule has 1 aromatic rings. The van der Waals surface area contributed by atoms with Gasteiger partial charge in [0.15, 0.2) is 0 Å². The van der Waals surface area contributed by atoms with E-state index in [1.807, 2.05) is 0 Å². The van der Waals surface area contributed by atoms with Crippen molar-refractivity contribution in [1.82, 2.24) is 0 Å². The number of carbonyl (C=O) groups excluding carboxylic acids is 1. The maximum atomic E-state index is 10.3. The van der Waals surface area contributed by atoms with Crippen LogP contribution in [-0.4, -0.2) is 10.9 Å². The van der Waals surface area contributed by atoms with E-state index in [1.54, 1.807) is 0 Å². The summed E-state index contributed by atoms with van der Waals surface area (Å²) in [6.45, 7) is 0. The third-order valence-corrected chi connectivity index (χ3v) is 1.52. The second-order valence-electron chi connectivity index (χ2n) is 2.50. The predicted octanol–water partition coefficient (Wildman–Crippen LogP) is 1.57. The minimum absolute atomic E-state index is 0.0319. The molecular formula is C9H6NO4. The molecule has 0 saturated heterocycles. The number of nitrogens with zero attached hydrogens (tertiary/aromatic N) is 1. The molecule has 1 rings (SSSR count). The highest BCUT2D eigenvalue weighted by atomic mass is 16.6. The van der Waals surface area contributed by atoms with Crippen molar-refractivity contribution in [1.29, 1.82) is 0 Å². The number of hydrogen-bond donors (Lipinski definition) is 0. The van der Waals surface area contributed by atoms with E-state index < -0.39 is 10.9 Å². The Morgan fingerprint density at radius 2 is 1.86 bits per heavy atom. The van der Waals surface area contributed by atoms with Gasteiger partial charge >= 0.3 is 5.97 Å². The van der Waals surface area contributed by atoms with E-state index >= 15 is 0 Å². The van der Waals surface area contributed by atoms with Gasteiger partial charge in [-0.1, -0.05) is 0 Å². The molecule has 1 aromatic carbocycles. The van der Waals surface area contributed by atoms with Gasteiger partial charge in [-0.15, -0.1) is 0 Å². The van der Waals surface area contributed by atoms with Gasteiger partial charge in [-0.3, -0.25) is 10.1 Å². The molecule has 0 saturated carbocycles. The van der Waals surface area contributed by atoms with Crippen LogP contribution in [0, 0.1) is 10.1 Å². The number of nitro groups is 1. The van der Waals surface area contributed by atoms with Gasteiger partial charge in [0.1, 0.15) is 0 Å². The third-order valence-electron chi connectivity index (χ3n) is 1.52. The van der Waals surface area contributed by atoms with Gasteiger partial charge in [0.25, 0.3) is 5.69 Å². The molecule has 0 aliphatic heterocycles. The Balaban J connectivity index is 2.83. The highest BCUT2D eigenvalue weighted by molar-refractivity contribution is 5.84. The van der Waals surface area contributed by atoms with E-state index in [-0.39, 0.29) is 5.69 Å². The summed E-state index contributed by atoms with van der Waals surface area (Å²) in [7, 11) is 0. The summed E-state index contributed by atoms with van der Waals surface area (Å²) in [6, 6.07) is 5.51. The Labute approximate surface area is 79.4 Å². The van der Waals surface area contributed by atoms with Gasteiger partial charge in [-0.05, 0) is 23.8 Å². The largest absolute Gasteiger partial charge is 0.379 e. The molecule has 14 heavy (non-hydrogen) atoms. The van der Waals surface area contributed by atoms with Crippen LogP contribution < -0.4 is 0 Å². The monoisotopic (exact) mass is 192 g/mol. The van der Waals surface area contributed by atoms with Gasteiger partial charge in [0, 0.05) is 18.2 Å². The van der Waals surface area contributed by atoms with E-state index in [4.69, 9.17) is 0 Å². The van der Waals surface area contributed by atoms with Crippen LogP contribution >= 0.6 is 0 Å². The van der Waals surface area contributed by atoms with E-state index in [2.05, 4.69) is 0 Å². The molecule has 0 N–H and O–H groups in total. The zero-order valence-electron chi connectivity index (χ0n) is 7.04. The summed E-state index contributed by atoms with van der Waals surface area (Å²) in [4.78, 5) is 19.8. The molecule has 0 aromatic heterocycles. The van der Waals surface area contributed by atoms with Crippen molar-refractivity contribution < 1.29 is 14.8 Å². The van der Waals surface area contributed by atoms with Gasteiger partial charge in [-0.2, -0.15) is 0 Å². The van der Waals surface area contributed by atoms with Gasteiger partial charge in [0.2, 0.25) is 0 Å². The summed E-state index contributed by atoms with van der Waals surface area (Å²) in [5, 5.41) is 20.3. The van der Waals surface area contributed by atoms with Crippen molar-refractivity contribution in [2.24, 2.45) is 0 Å². The first kappa shape index (κ1) is 9.91. The first-order chi connectivity index (χ1) is 6.59. The lowest BCUT2D eigenvalue weighted by atomic mass is 10.2. The van der Waals surface area contributed by atoms with Gasteiger partial charge in [0.05, 0.1) is 4.92 Å². The fraction of sp³-hybridized carbons (Fsp3) is 0. The van der Waals surface area contributed by atoms with Crippen LogP contribution in [-0.2, 0) is 9.90 Å². The maximum Gasteiger partial charge on any atom is 0.379 e. The van der Waals surface area contributed by atoms with Crippen molar-refractivity contribution in [2.45, 2.75) is 0 Å². The highest BCUT2D eigenvalue weighted by Gasteiger charge is 2.02. The maximum absolute atomic E-state index is 10.3. The lowest BCUT2D eigenvalue weighted by Crippen LogP contribution is -1.87. The van der Waals surface area contributed by atoms with Crippen molar-refractivity contribution in [3.8, 4) is 0 Å². The second kappa shape index (κ2) is 4.18. The molecule has 0 heterocycles. The molecule has 0 amide bonds. The molecule has 0 bridgehead atoms. The molecule has 1 radical (unpaired) electrons. The second-order valence-corrected chi connectivity index (χ2v) is 2.50. The molecule has 71 valence electrons. The molecule has 5 nitrogen and oxygen atoms in total. The van der Waals surface area contributed by atoms with Crippen LogP contribution in [0.25, 0.3) is 6.08 Å². The standard InChI is InChI=1S/C9H6NO4/c11-9(12)6-3-7-1-4-8(5-2-7)10(13)14/h1-6H. The van der Waals surface area contributed by atoms with Gasteiger partial charge in [-0.25, -0.2) is 9.90 Å². The Kier molecular flexibility index (Phi) is 2.96. The Hall–Kier alpha value is -2.17. The highest BCUT2D eigenvalue weighted by Crippen LogP contribution is 2.12. The average Bonchev–Trinajstić information content (AvgIpc) is 2.15. The van der Waals surface area contributed by atoms with E-state index in [9.17, 15) is 20.0 Å². The normalized spacial score (nSPS) is 10.3. The van der Waals surface area contributed by atoms with Crippen molar-refractivity contribution in [3.05, 3.63) is 46.0 Å². The first-order valence-corrected chi connectivity index (χ1v) is 3.73. The summed E-state index contributed by atoms with van der Waals surface area (Å²) in [5.41, 5.74) is 0.537. The lowest BCUT2D eigenvalue weighted by Gasteiger charge is -1.92. The number of hydrogen-bond acceptors (Lipinski definition) is 3. The molecule has 0 aliphatic rings. The van der Waals surface area contributed by atoms with Crippen molar-refractivity contribution in [3.63, 3.8) is 0 Å². The van der Waals surface area contributed by atoms with Gasteiger partial charge < -0.3 is 0 Å². The Morgan fingerprint density at radius 3 is 2.29 bits per heavy atom. The smallest absolute Gasteiger partial charge is 0.258 e. The van der Waals surface area contributed by atoms with E-state index in [1.165, 1.54) is 30.3 Å². The molecule has 0 atom stereocenters. The molecule has 5 heteroatoms. The lowest BCUT2D eigenvalue weighted by molar-refractivity contribution is -0.384. The summed E-state index contributed by atoms with van der Waals surface area (Å²) in [6.07, 6.45) is 2.17. The summed E-state index contributed by atoms with van der Waals surface area (Å²) in [5.74, 6) is -1.30. The predicted molar refractivity (Wildman–Crippen MR) is 47.8 cm³/mol. The fourth-order valence-corrected chi connectivity index (χ4v) is 0.871. The average molecular weight is 192 g/mol. The molecule has 0 aliphatic carbocycles. The number of non-ortho nitro benzene ring substituents is 1. The first-order valence-electron chi connectivity index (χ1n) is 3.73. The minimum atomic E-state index is -1.30. The summed E-state index contributed by atoms with van der Waals surface area (Å²) < 4.78 is 0. The van der Waals surface area contributed by atoms with E-state index in [0.29, 0.717) is 5.56 Å². The van der Waals surface area contributed by atoms with Crippen LogP contribution in [0.1, 0.15) is 5.56 Å². The minimum Gasteiger partial charge on any atom is -0.258 e. The molecular weight excluding hydrogens is 186 g/mol. The third kappa shape index (κ3) is 2.71. The number of rotatable bonds is 3. The molecule has 0 spiro atoms. The Morgan fingerprint density at radius 1 is 1.29 bits per heavy atom. The number of carbonyl (C=O) groups is 1. The topological polar surface area (TPSA) is 80.1 Å². The van der Waals surface area contributed by atoms with Crippen LogP contribution in [0.5, 0.6) is 0 Å². The van der Waals surface area contributed by atoms with Crippen LogP contribution in [0.2, 0.25) is 0 Å².